The number of imidazole rings is 1. The fourth-order valence-electron chi connectivity index (χ4n) is 6.59. The molecular weight excluding hydrogens is 685 g/mol. The van der Waals surface area contributed by atoms with Crippen molar-refractivity contribution in [2.75, 3.05) is 19.6 Å². The van der Waals surface area contributed by atoms with Crippen molar-refractivity contribution in [2.45, 2.75) is 70.7 Å². The third-order valence-corrected chi connectivity index (χ3v) is 11.2. The van der Waals surface area contributed by atoms with Gasteiger partial charge in [0.1, 0.15) is 24.2 Å². The molecule has 13 nitrogen and oxygen atoms in total. The van der Waals surface area contributed by atoms with Gasteiger partial charge in [0.25, 0.3) is 5.91 Å². The van der Waals surface area contributed by atoms with Crippen molar-refractivity contribution in [1.29, 1.82) is 0 Å². The Hall–Kier alpha value is -4.79. The van der Waals surface area contributed by atoms with Gasteiger partial charge in [-0.2, -0.15) is 4.31 Å². The number of sulfonamides is 1. The zero-order valence-electron chi connectivity index (χ0n) is 30.4. The summed E-state index contributed by atoms with van der Waals surface area (Å²) in [5, 5.41) is 24.7. The molecule has 278 valence electrons. The first-order valence-electron chi connectivity index (χ1n) is 17.4. The highest BCUT2D eigenvalue weighted by atomic mass is 32.2. The summed E-state index contributed by atoms with van der Waals surface area (Å²) in [6.07, 6.45) is -1.20. The normalized spacial score (nSPS) is 15.7. The van der Waals surface area contributed by atoms with E-state index in [2.05, 4.69) is 10.3 Å². The highest BCUT2D eigenvalue weighted by Gasteiger charge is 2.45. The van der Waals surface area contributed by atoms with Gasteiger partial charge in [0.15, 0.2) is 0 Å². The molecule has 3 N–H and O–H groups in total. The lowest BCUT2D eigenvalue weighted by molar-refractivity contribution is -0.129. The van der Waals surface area contributed by atoms with Crippen LogP contribution in [0.5, 0.6) is 5.75 Å². The molecule has 2 heterocycles. The number of imide groups is 1. The molecule has 4 aromatic rings. The highest BCUT2D eigenvalue weighted by molar-refractivity contribution is 7.89. The quantitative estimate of drug-likeness (QED) is 0.155. The number of aromatic hydroxyl groups is 1. The predicted molar refractivity (Wildman–Crippen MR) is 197 cm³/mol. The Labute approximate surface area is 304 Å². The van der Waals surface area contributed by atoms with Crippen molar-refractivity contribution in [3.05, 3.63) is 89.7 Å². The number of nitrogens with one attached hydrogen (secondary N) is 1. The molecule has 1 aliphatic heterocycles. The van der Waals surface area contributed by atoms with Crippen LogP contribution in [0.1, 0.15) is 44.6 Å². The number of carbonyl (C=O) groups is 3. The summed E-state index contributed by atoms with van der Waals surface area (Å²) in [5.74, 6) is -1.07. The summed E-state index contributed by atoms with van der Waals surface area (Å²) in [5.41, 5.74) is 2.77. The van der Waals surface area contributed by atoms with Crippen LogP contribution in [0.4, 0.5) is 4.79 Å². The van der Waals surface area contributed by atoms with Crippen LogP contribution in [-0.4, -0.2) is 98.0 Å². The van der Waals surface area contributed by atoms with E-state index in [9.17, 15) is 33.0 Å². The molecule has 0 bridgehead atoms. The van der Waals surface area contributed by atoms with E-state index in [4.69, 9.17) is 0 Å². The monoisotopic (exact) mass is 732 g/mol. The molecule has 1 aromatic heterocycles. The number of aliphatic hydroxyl groups is 1. The Bertz CT molecular complexity index is 2030. The SMILES string of the molecule is Cc1cc(S(=O)(=O)N(CC(C)C)C[C@@H](O)[C@H](Cc2ccccc2)NC(=O)[C@H](C(C)C)N2CC(=O)N(Cc3nc4ccccc4n3C)C2=O)ccc1O. The summed E-state index contributed by atoms with van der Waals surface area (Å²) in [4.78, 5) is 48.2. The van der Waals surface area contributed by atoms with Crippen molar-refractivity contribution >= 4 is 38.9 Å². The molecule has 0 unspecified atom stereocenters. The van der Waals surface area contributed by atoms with E-state index in [0.717, 1.165) is 21.5 Å². The average Bonchev–Trinajstić information content (AvgIpc) is 3.55. The highest BCUT2D eigenvalue weighted by Crippen LogP contribution is 2.26. The Morgan fingerprint density at radius 2 is 1.65 bits per heavy atom. The van der Waals surface area contributed by atoms with Crippen molar-refractivity contribution in [3.8, 4) is 5.75 Å². The molecular formula is C38H48N6O7S. The van der Waals surface area contributed by atoms with Gasteiger partial charge in [-0.15, -0.1) is 0 Å². The fourth-order valence-corrected chi connectivity index (χ4v) is 8.29. The number of amides is 4. The standard InChI is InChI=1S/C38H48N6O7S/c1-24(2)20-42(52(50,51)28-16-17-32(45)26(5)18-28)21-33(46)30(19-27-12-8-7-9-13-27)40-37(48)36(25(3)4)44-23-35(47)43(38(44)49)22-34-39-29-14-10-11-15-31(29)41(34)6/h7-18,24-25,30,33,36,45-46H,19-23H2,1-6H3,(H,40,48)/t30-,33+,36-/m0/s1. The largest absolute Gasteiger partial charge is 0.508 e. The molecule has 4 amide bonds. The fraction of sp³-hybridized carbons (Fsp3) is 0.421. The van der Waals surface area contributed by atoms with Crippen LogP contribution < -0.4 is 5.32 Å². The van der Waals surface area contributed by atoms with E-state index >= 15 is 0 Å². The maximum Gasteiger partial charge on any atom is 0.328 e. The van der Waals surface area contributed by atoms with Gasteiger partial charge in [-0.05, 0) is 66.6 Å². The molecule has 0 aliphatic carbocycles. The topological polar surface area (TPSA) is 165 Å². The number of para-hydroxylation sites is 2. The summed E-state index contributed by atoms with van der Waals surface area (Å²) >= 11 is 0. The Morgan fingerprint density at radius 1 is 0.981 bits per heavy atom. The number of fused-ring (bicyclic) bond motifs is 1. The van der Waals surface area contributed by atoms with Gasteiger partial charge in [0.2, 0.25) is 15.9 Å². The van der Waals surface area contributed by atoms with Crippen LogP contribution in [-0.2, 0) is 39.6 Å². The van der Waals surface area contributed by atoms with E-state index in [1.165, 1.54) is 27.4 Å². The summed E-state index contributed by atoms with van der Waals surface area (Å²) in [6.45, 7) is 8.25. The molecule has 0 radical (unpaired) electrons. The number of benzene rings is 3. The van der Waals surface area contributed by atoms with Gasteiger partial charge >= 0.3 is 6.03 Å². The van der Waals surface area contributed by atoms with Crippen molar-refractivity contribution < 1.29 is 33.0 Å². The van der Waals surface area contributed by atoms with Crippen LogP contribution in [0.15, 0.2) is 77.7 Å². The van der Waals surface area contributed by atoms with E-state index in [1.807, 2.05) is 80.1 Å². The van der Waals surface area contributed by atoms with Gasteiger partial charge in [-0.25, -0.2) is 18.2 Å². The number of hydrogen-bond donors (Lipinski definition) is 3. The summed E-state index contributed by atoms with van der Waals surface area (Å²) < 4.78 is 30.8. The number of urea groups is 1. The number of nitrogens with zero attached hydrogens (tertiary/aromatic N) is 5. The molecule has 0 saturated carbocycles. The molecule has 1 saturated heterocycles. The van der Waals surface area contributed by atoms with Crippen LogP contribution in [0.3, 0.4) is 0 Å². The third kappa shape index (κ3) is 8.30. The van der Waals surface area contributed by atoms with E-state index in [1.54, 1.807) is 20.8 Å². The number of hydrogen-bond acceptors (Lipinski definition) is 8. The van der Waals surface area contributed by atoms with Gasteiger partial charge in [0.05, 0.1) is 34.6 Å². The smallest absolute Gasteiger partial charge is 0.328 e. The lowest BCUT2D eigenvalue weighted by atomic mass is 9.97. The van der Waals surface area contributed by atoms with Gasteiger partial charge < -0.3 is 25.0 Å². The molecule has 3 aromatic carbocycles. The van der Waals surface area contributed by atoms with Gasteiger partial charge in [0, 0.05) is 20.1 Å². The van der Waals surface area contributed by atoms with Crippen molar-refractivity contribution in [1.82, 2.24) is 29.0 Å². The molecule has 14 heteroatoms. The Morgan fingerprint density at radius 3 is 2.29 bits per heavy atom. The number of aliphatic hydroxyl groups excluding tert-OH is 1. The molecule has 3 atom stereocenters. The lowest BCUT2D eigenvalue weighted by Gasteiger charge is -2.34. The summed E-state index contributed by atoms with van der Waals surface area (Å²) in [6, 6.07) is 18.0. The zero-order chi connectivity index (χ0) is 37.9. The number of carbonyl (C=O) groups excluding carboxylic acids is 3. The van der Waals surface area contributed by atoms with Crippen LogP contribution in [0.25, 0.3) is 11.0 Å². The van der Waals surface area contributed by atoms with Gasteiger partial charge in [-0.3, -0.25) is 14.5 Å². The maximum atomic E-state index is 14.2. The second-order valence-corrected chi connectivity index (χ2v) is 16.1. The Kier molecular flexibility index (Phi) is 11.7. The van der Waals surface area contributed by atoms with Crippen LogP contribution >= 0.6 is 0 Å². The molecule has 1 fully saturated rings. The predicted octanol–water partition coefficient (Wildman–Crippen LogP) is 3.81. The number of phenols is 1. The first-order chi connectivity index (χ1) is 24.6. The number of aryl methyl sites for hydroxylation is 2. The van der Waals surface area contributed by atoms with Crippen molar-refractivity contribution in [3.63, 3.8) is 0 Å². The Balaban J connectivity index is 1.39. The second kappa shape index (κ2) is 15.8. The van der Waals surface area contributed by atoms with E-state index in [-0.39, 0.29) is 49.2 Å². The van der Waals surface area contributed by atoms with Gasteiger partial charge in [-0.1, -0.05) is 70.2 Å². The minimum atomic E-state index is -4.12. The van der Waals surface area contributed by atoms with Crippen LogP contribution in [0, 0.1) is 18.8 Å². The number of phenolic OH excluding ortho intramolecular Hbond substituents is 1. The number of rotatable bonds is 15. The maximum absolute atomic E-state index is 14.2. The lowest BCUT2D eigenvalue weighted by Crippen LogP contribution is -2.57. The second-order valence-electron chi connectivity index (χ2n) is 14.2. The summed E-state index contributed by atoms with van der Waals surface area (Å²) in [7, 11) is -2.30. The van der Waals surface area contributed by atoms with Crippen LogP contribution in [0.2, 0.25) is 0 Å². The first kappa shape index (κ1) is 38.4. The minimum absolute atomic E-state index is 0.0282. The average molecular weight is 733 g/mol. The molecule has 5 rings (SSSR count). The first-order valence-corrected chi connectivity index (χ1v) is 18.9. The third-order valence-electron chi connectivity index (χ3n) is 9.35. The molecule has 52 heavy (non-hydrogen) atoms. The minimum Gasteiger partial charge on any atom is -0.508 e. The zero-order valence-corrected chi connectivity index (χ0v) is 31.2. The van der Waals surface area contributed by atoms with Crippen molar-refractivity contribution in [2.24, 2.45) is 18.9 Å². The number of aromatic nitrogens is 2. The van der Waals surface area contributed by atoms with E-state index in [0.29, 0.717) is 11.4 Å². The molecule has 1 aliphatic rings. The molecule has 0 spiro atoms. The van der Waals surface area contributed by atoms with E-state index < -0.39 is 52.0 Å².